The van der Waals surface area contributed by atoms with Crippen LogP contribution in [-0.2, 0) is 9.53 Å². The van der Waals surface area contributed by atoms with Crippen molar-refractivity contribution in [2.24, 2.45) is 0 Å². The summed E-state index contributed by atoms with van der Waals surface area (Å²) in [5.74, 6) is -0.267. The van der Waals surface area contributed by atoms with Crippen molar-refractivity contribution >= 4 is 5.97 Å². The third kappa shape index (κ3) is 6.84. The quantitative estimate of drug-likeness (QED) is 0.262. The average Bonchev–Trinajstić information content (AvgIpc) is 1.99. The first-order valence-electron chi connectivity index (χ1n) is 3.75. The minimum absolute atomic E-state index is 0.267. The predicted octanol–water partition coefficient (Wildman–Crippen LogP) is 2.07. The van der Waals surface area contributed by atoms with Crippen molar-refractivity contribution < 1.29 is 9.53 Å². The van der Waals surface area contributed by atoms with E-state index in [4.69, 9.17) is 0 Å². The summed E-state index contributed by atoms with van der Waals surface area (Å²) in [7, 11) is 0. The van der Waals surface area contributed by atoms with Crippen LogP contribution in [0.5, 0.6) is 0 Å². The number of unbranched alkanes of at least 4 members (excludes halogenated alkanes) is 1. The standard InChI is InChI=1S/C9H14O2/c1-3-5-6-7-8-9(10)11-4-2/h3,7-8H,1,4-6H2,2H3/b8-7+. The van der Waals surface area contributed by atoms with Crippen LogP contribution in [0.3, 0.4) is 0 Å². The number of carbonyl (C=O) groups is 1. The maximum atomic E-state index is 10.7. The molecule has 0 radical (unpaired) electrons. The molecule has 0 aliphatic carbocycles. The first kappa shape index (κ1) is 9.95. The van der Waals surface area contributed by atoms with Crippen molar-refractivity contribution in [1.82, 2.24) is 0 Å². The van der Waals surface area contributed by atoms with Gasteiger partial charge < -0.3 is 4.74 Å². The van der Waals surface area contributed by atoms with Gasteiger partial charge in [-0.25, -0.2) is 4.79 Å². The smallest absolute Gasteiger partial charge is 0.330 e. The molecule has 0 saturated carbocycles. The molecule has 0 fully saturated rings. The van der Waals surface area contributed by atoms with E-state index in [-0.39, 0.29) is 5.97 Å². The summed E-state index contributed by atoms with van der Waals surface area (Å²) in [6.07, 6.45) is 6.81. The maximum absolute atomic E-state index is 10.7. The lowest BCUT2D eigenvalue weighted by Crippen LogP contribution is -1.98. The SMILES string of the molecule is C=CCC/C=C/C(=O)OCC. The number of hydrogen-bond acceptors (Lipinski definition) is 2. The second kappa shape index (κ2) is 7.06. The van der Waals surface area contributed by atoms with Crippen LogP contribution in [0.15, 0.2) is 24.8 Å². The number of ether oxygens (including phenoxy) is 1. The Kier molecular flexibility index (Phi) is 6.39. The molecule has 0 aromatic rings. The molecule has 0 bridgehead atoms. The highest BCUT2D eigenvalue weighted by molar-refractivity contribution is 5.81. The van der Waals surface area contributed by atoms with Gasteiger partial charge in [0.15, 0.2) is 0 Å². The second-order valence-corrected chi connectivity index (χ2v) is 2.02. The highest BCUT2D eigenvalue weighted by Crippen LogP contribution is 1.91. The van der Waals surface area contributed by atoms with E-state index in [0.717, 1.165) is 12.8 Å². The predicted molar refractivity (Wildman–Crippen MR) is 45.2 cm³/mol. The third-order valence-corrected chi connectivity index (χ3v) is 1.08. The molecular formula is C9H14O2. The van der Waals surface area contributed by atoms with Crippen LogP contribution in [0.25, 0.3) is 0 Å². The van der Waals surface area contributed by atoms with E-state index in [1.54, 1.807) is 13.0 Å². The molecule has 2 heteroatoms. The minimum Gasteiger partial charge on any atom is -0.463 e. The van der Waals surface area contributed by atoms with Crippen molar-refractivity contribution in [3.63, 3.8) is 0 Å². The van der Waals surface area contributed by atoms with Crippen LogP contribution < -0.4 is 0 Å². The Labute approximate surface area is 67.6 Å². The molecule has 0 rings (SSSR count). The van der Waals surface area contributed by atoms with E-state index >= 15 is 0 Å². The van der Waals surface area contributed by atoms with Crippen LogP contribution in [0, 0.1) is 0 Å². The van der Waals surface area contributed by atoms with Gasteiger partial charge in [-0.2, -0.15) is 0 Å². The van der Waals surface area contributed by atoms with E-state index in [2.05, 4.69) is 11.3 Å². The number of hydrogen-bond donors (Lipinski definition) is 0. The summed E-state index contributed by atoms with van der Waals surface area (Å²) in [4.78, 5) is 10.7. The van der Waals surface area contributed by atoms with Gasteiger partial charge in [-0.1, -0.05) is 12.2 Å². The molecule has 2 nitrogen and oxygen atoms in total. The number of esters is 1. The Morgan fingerprint density at radius 3 is 2.82 bits per heavy atom. The van der Waals surface area contributed by atoms with Crippen molar-refractivity contribution in [2.45, 2.75) is 19.8 Å². The lowest BCUT2D eigenvalue weighted by Gasteiger charge is -1.93. The lowest BCUT2D eigenvalue weighted by molar-refractivity contribution is -0.137. The van der Waals surface area contributed by atoms with Crippen LogP contribution in [0.2, 0.25) is 0 Å². The average molecular weight is 154 g/mol. The van der Waals surface area contributed by atoms with Crippen LogP contribution in [0.1, 0.15) is 19.8 Å². The van der Waals surface area contributed by atoms with E-state index in [0.29, 0.717) is 6.61 Å². The van der Waals surface area contributed by atoms with Gasteiger partial charge in [-0.15, -0.1) is 6.58 Å². The third-order valence-electron chi connectivity index (χ3n) is 1.08. The van der Waals surface area contributed by atoms with Gasteiger partial charge in [0.25, 0.3) is 0 Å². The summed E-state index contributed by atoms with van der Waals surface area (Å²) in [5, 5.41) is 0. The zero-order valence-corrected chi connectivity index (χ0v) is 6.88. The molecule has 0 aliphatic heterocycles. The van der Waals surface area contributed by atoms with Gasteiger partial charge >= 0.3 is 5.97 Å². The van der Waals surface area contributed by atoms with Crippen LogP contribution in [-0.4, -0.2) is 12.6 Å². The molecular weight excluding hydrogens is 140 g/mol. The van der Waals surface area contributed by atoms with Gasteiger partial charge in [0.05, 0.1) is 6.61 Å². The van der Waals surface area contributed by atoms with E-state index < -0.39 is 0 Å². The zero-order valence-electron chi connectivity index (χ0n) is 6.88. The van der Waals surface area contributed by atoms with E-state index in [1.165, 1.54) is 6.08 Å². The molecule has 0 aromatic carbocycles. The first-order chi connectivity index (χ1) is 5.31. The van der Waals surface area contributed by atoms with Crippen molar-refractivity contribution in [3.8, 4) is 0 Å². The molecule has 62 valence electrons. The monoisotopic (exact) mass is 154 g/mol. The number of rotatable bonds is 5. The summed E-state index contributed by atoms with van der Waals surface area (Å²) in [5.41, 5.74) is 0. The number of allylic oxidation sites excluding steroid dienone is 2. The molecule has 0 spiro atoms. The van der Waals surface area contributed by atoms with E-state index in [9.17, 15) is 4.79 Å². The van der Waals surface area contributed by atoms with Gasteiger partial charge in [0, 0.05) is 6.08 Å². The maximum Gasteiger partial charge on any atom is 0.330 e. The topological polar surface area (TPSA) is 26.3 Å². The first-order valence-corrected chi connectivity index (χ1v) is 3.75. The Bertz CT molecular complexity index is 148. The molecule has 0 N–H and O–H groups in total. The van der Waals surface area contributed by atoms with E-state index in [1.807, 2.05) is 6.08 Å². The number of carbonyl (C=O) groups excluding carboxylic acids is 1. The summed E-state index contributed by atoms with van der Waals surface area (Å²) in [6, 6.07) is 0. The van der Waals surface area contributed by atoms with Gasteiger partial charge in [-0.05, 0) is 19.8 Å². The molecule has 0 aromatic heterocycles. The molecule has 0 aliphatic rings. The highest BCUT2D eigenvalue weighted by Gasteiger charge is 1.90. The van der Waals surface area contributed by atoms with Gasteiger partial charge in [-0.3, -0.25) is 0 Å². The van der Waals surface area contributed by atoms with Crippen molar-refractivity contribution in [1.29, 1.82) is 0 Å². The fraction of sp³-hybridized carbons (Fsp3) is 0.444. The molecule has 0 atom stereocenters. The Balaban J connectivity index is 3.39. The second-order valence-electron chi connectivity index (χ2n) is 2.02. The Morgan fingerprint density at radius 2 is 2.27 bits per heavy atom. The van der Waals surface area contributed by atoms with Crippen LogP contribution >= 0.6 is 0 Å². The molecule has 0 unspecified atom stereocenters. The Hall–Kier alpha value is -1.05. The summed E-state index contributed by atoms with van der Waals surface area (Å²) < 4.78 is 4.67. The van der Waals surface area contributed by atoms with Gasteiger partial charge in [0.1, 0.15) is 0 Å². The highest BCUT2D eigenvalue weighted by atomic mass is 16.5. The molecule has 11 heavy (non-hydrogen) atoms. The van der Waals surface area contributed by atoms with Gasteiger partial charge in [0.2, 0.25) is 0 Å². The molecule has 0 saturated heterocycles. The minimum atomic E-state index is -0.267. The fourth-order valence-corrected chi connectivity index (χ4v) is 0.584. The largest absolute Gasteiger partial charge is 0.463 e. The van der Waals surface area contributed by atoms with Crippen molar-refractivity contribution in [2.75, 3.05) is 6.61 Å². The summed E-state index contributed by atoms with van der Waals surface area (Å²) in [6.45, 7) is 5.79. The Morgan fingerprint density at radius 1 is 1.55 bits per heavy atom. The fourth-order valence-electron chi connectivity index (χ4n) is 0.584. The zero-order chi connectivity index (χ0) is 8.53. The lowest BCUT2D eigenvalue weighted by atomic mass is 10.3. The molecule has 0 heterocycles. The normalized spacial score (nSPS) is 9.91. The summed E-state index contributed by atoms with van der Waals surface area (Å²) >= 11 is 0. The molecule has 0 amide bonds. The van der Waals surface area contributed by atoms with Crippen LogP contribution in [0.4, 0.5) is 0 Å². The van der Waals surface area contributed by atoms with Crippen molar-refractivity contribution in [3.05, 3.63) is 24.8 Å².